The van der Waals surface area contributed by atoms with E-state index in [2.05, 4.69) is 4.98 Å². The smallest absolute Gasteiger partial charge is 0.420 e. The number of aromatic nitrogens is 2. The van der Waals surface area contributed by atoms with E-state index in [0.717, 1.165) is 4.57 Å². The minimum Gasteiger partial charge on any atom is -0.457 e. The number of ketones is 1. The molecular formula is C36H49N3O9. The lowest BCUT2D eigenvalue weighted by Crippen LogP contribution is -2.57. The molecule has 262 valence electrons. The fourth-order valence-electron chi connectivity index (χ4n) is 6.45. The van der Waals surface area contributed by atoms with Gasteiger partial charge < -0.3 is 28.6 Å². The van der Waals surface area contributed by atoms with Crippen molar-refractivity contribution in [3.63, 3.8) is 0 Å². The lowest BCUT2D eigenvalue weighted by Gasteiger charge is -2.45. The van der Waals surface area contributed by atoms with Crippen molar-refractivity contribution in [1.82, 2.24) is 14.5 Å². The van der Waals surface area contributed by atoms with Crippen molar-refractivity contribution in [1.29, 1.82) is 0 Å². The number of ether oxygens (including phenoxy) is 5. The number of allylic oxidation sites excluding steroid dienone is 1. The van der Waals surface area contributed by atoms with E-state index in [4.69, 9.17) is 23.7 Å². The third-order valence-corrected chi connectivity index (χ3v) is 9.30. The van der Waals surface area contributed by atoms with Gasteiger partial charge in [0.25, 0.3) is 0 Å². The summed E-state index contributed by atoms with van der Waals surface area (Å²) in [7, 11) is 3.81. The van der Waals surface area contributed by atoms with Crippen LogP contribution in [0, 0.1) is 17.8 Å². The van der Waals surface area contributed by atoms with Gasteiger partial charge in [-0.15, -0.1) is 0 Å². The van der Waals surface area contributed by atoms with E-state index in [1.54, 1.807) is 45.0 Å². The van der Waals surface area contributed by atoms with Crippen LogP contribution in [0.15, 0.2) is 61.2 Å². The Bertz CT molecular complexity index is 1430. The second-order valence-electron chi connectivity index (χ2n) is 13.4. The molecule has 1 saturated heterocycles. The molecule has 0 spiro atoms. The average molecular weight is 668 g/mol. The van der Waals surface area contributed by atoms with Crippen LogP contribution in [-0.2, 0) is 33.3 Å². The minimum atomic E-state index is -1.47. The second kappa shape index (κ2) is 16.0. The Morgan fingerprint density at radius 1 is 1.06 bits per heavy atom. The summed E-state index contributed by atoms with van der Waals surface area (Å²) in [5.74, 6) is -2.86. The molecule has 12 heteroatoms. The number of cyclic esters (lactones) is 1. The van der Waals surface area contributed by atoms with Gasteiger partial charge in [0.05, 0.1) is 29.7 Å². The van der Waals surface area contributed by atoms with Gasteiger partial charge in [-0.05, 0) is 84.3 Å². The van der Waals surface area contributed by atoms with E-state index in [1.807, 2.05) is 45.8 Å². The highest BCUT2D eigenvalue weighted by Crippen LogP contribution is 2.34. The van der Waals surface area contributed by atoms with Gasteiger partial charge in [-0.3, -0.25) is 9.59 Å². The molecule has 0 amide bonds. The van der Waals surface area contributed by atoms with Crippen molar-refractivity contribution in [3.8, 4) is 0 Å². The first-order valence-corrected chi connectivity index (χ1v) is 16.6. The van der Waals surface area contributed by atoms with Crippen LogP contribution in [0.2, 0.25) is 0 Å². The van der Waals surface area contributed by atoms with Gasteiger partial charge in [0.1, 0.15) is 12.4 Å². The van der Waals surface area contributed by atoms with Crippen LogP contribution in [0.1, 0.15) is 71.2 Å². The molecule has 0 N–H and O–H groups in total. The van der Waals surface area contributed by atoms with Crippen LogP contribution >= 0.6 is 0 Å². The summed E-state index contributed by atoms with van der Waals surface area (Å²) in [6, 6.07) is 8.46. The zero-order valence-corrected chi connectivity index (χ0v) is 29.1. The number of carbonyl (C=O) groups is 4. The Hall–Kier alpha value is -3.87. The molecule has 0 unspecified atom stereocenters. The van der Waals surface area contributed by atoms with Crippen molar-refractivity contribution in [2.24, 2.45) is 17.8 Å². The van der Waals surface area contributed by atoms with Crippen molar-refractivity contribution >= 4 is 23.8 Å². The number of imidazole rings is 1. The summed E-state index contributed by atoms with van der Waals surface area (Å²) in [6.07, 6.45) is 3.79. The van der Waals surface area contributed by atoms with Crippen molar-refractivity contribution < 1.29 is 42.9 Å². The molecule has 1 fully saturated rings. The van der Waals surface area contributed by atoms with Crippen LogP contribution in [0.25, 0.3) is 0 Å². The average Bonchev–Trinajstić information content (AvgIpc) is 3.60. The molecule has 0 radical (unpaired) electrons. The summed E-state index contributed by atoms with van der Waals surface area (Å²) in [4.78, 5) is 59.5. The first kappa shape index (κ1) is 37.0. The summed E-state index contributed by atoms with van der Waals surface area (Å²) in [6.45, 7) is 10.8. The number of benzene rings is 1. The molecule has 12 nitrogen and oxygen atoms in total. The zero-order chi connectivity index (χ0) is 35.2. The van der Waals surface area contributed by atoms with Gasteiger partial charge in [0.15, 0.2) is 23.8 Å². The topological polar surface area (TPSA) is 135 Å². The lowest BCUT2D eigenvalue weighted by molar-refractivity contribution is -0.278. The van der Waals surface area contributed by atoms with E-state index < -0.39 is 60.1 Å². The van der Waals surface area contributed by atoms with Gasteiger partial charge in [0.2, 0.25) is 0 Å². The lowest BCUT2D eigenvalue weighted by atomic mass is 9.84. The maximum atomic E-state index is 13.9. The number of esters is 2. The van der Waals surface area contributed by atoms with Crippen molar-refractivity contribution in [2.75, 3.05) is 14.1 Å². The molecule has 0 bridgehead atoms. The Kier molecular flexibility index (Phi) is 12.3. The van der Waals surface area contributed by atoms with Gasteiger partial charge in [-0.1, -0.05) is 39.0 Å². The summed E-state index contributed by atoms with van der Waals surface area (Å²) < 4.78 is 32.2. The molecule has 2 aliphatic rings. The van der Waals surface area contributed by atoms with E-state index in [9.17, 15) is 19.2 Å². The number of rotatable bonds is 7. The van der Waals surface area contributed by atoms with Gasteiger partial charge in [0, 0.05) is 18.3 Å². The summed E-state index contributed by atoms with van der Waals surface area (Å²) >= 11 is 0. The van der Waals surface area contributed by atoms with Gasteiger partial charge in [-0.25, -0.2) is 19.1 Å². The summed E-state index contributed by atoms with van der Waals surface area (Å²) in [5, 5.41) is 0. The van der Waals surface area contributed by atoms with Crippen LogP contribution < -0.4 is 0 Å². The molecule has 2 aromatic rings. The van der Waals surface area contributed by atoms with Crippen molar-refractivity contribution in [2.45, 2.75) is 103 Å². The van der Waals surface area contributed by atoms with Crippen LogP contribution in [-0.4, -0.2) is 94.7 Å². The number of hydrogen-bond donors (Lipinski definition) is 0. The SMILES string of the molecule is CC[C@H]1OC(=O)[C@H](C)[C@@H](O[C@@H]2O[C@H](C)C[C@H](N(C)C)[C@H]2OC(=O)c2ccccc2)[C@@H](C)C[C@@H](C)C(=O)/C=C/[C@]1(C)OC(=O)n1ccnc1. The van der Waals surface area contributed by atoms with E-state index in [-0.39, 0.29) is 30.3 Å². The van der Waals surface area contributed by atoms with E-state index in [0.29, 0.717) is 18.4 Å². The number of carbonyl (C=O) groups excluding carboxylic acids is 4. The van der Waals surface area contributed by atoms with E-state index >= 15 is 0 Å². The normalized spacial score (nSPS) is 34.0. The van der Waals surface area contributed by atoms with Gasteiger partial charge in [-0.2, -0.15) is 0 Å². The highest BCUT2D eigenvalue weighted by Gasteiger charge is 2.47. The van der Waals surface area contributed by atoms with Crippen LogP contribution in [0.5, 0.6) is 0 Å². The third-order valence-electron chi connectivity index (χ3n) is 9.30. The molecule has 4 rings (SSSR count). The highest BCUT2D eigenvalue weighted by molar-refractivity contribution is 5.91. The van der Waals surface area contributed by atoms with Gasteiger partial charge >= 0.3 is 18.0 Å². The highest BCUT2D eigenvalue weighted by atomic mass is 16.7. The standard InChI is InChI=1S/C36H49N3O9/c1-9-29-36(6,48-35(43)39-18-17-37-21-39)16-15-28(40)22(2)19-23(3)30(25(5)32(41)45-29)47-34-31(27(38(7)8)20-24(4)44-34)46-33(42)26-13-11-10-12-14-26/h10-18,21-25,27,29-31,34H,9,19-20H2,1-8H3/b16-15+/t22-,23+,24-,25-,27+,29-,30+,31-,34+,36+/m1/s1. The fourth-order valence-corrected chi connectivity index (χ4v) is 6.45. The monoisotopic (exact) mass is 667 g/mol. The summed E-state index contributed by atoms with van der Waals surface area (Å²) in [5.41, 5.74) is -1.08. The molecule has 2 aliphatic heterocycles. The minimum absolute atomic E-state index is 0.176. The second-order valence-corrected chi connectivity index (χ2v) is 13.4. The molecule has 1 aromatic heterocycles. The molecular weight excluding hydrogens is 618 g/mol. The molecule has 0 saturated carbocycles. The van der Waals surface area contributed by atoms with Crippen molar-refractivity contribution in [3.05, 3.63) is 66.8 Å². The fraction of sp³-hybridized carbons (Fsp3) is 0.583. The maximum absolute atomic E-state index is 13.9. The zero-order valence-electron chi connectivity index (χ0n) is 29.1. The number of likely N-dealkylation sites (N-methyl/N-ethyl adjacent to an activating group) is 1. The quantitative estimate of drug-likeness (QED) is 0.290. The molecule has 1 aromatic carbocycles. The largest absolute Gasteiger partial charge is 0.457 e. The molecule has 0 aliphatic carbocycles. The first-order chi connectivity index (χ1) is 22.7. The number of nitrogens with zero attached hydrogens (tertiary/aromatic N) is 3. The Morgan fingerprint density at radius 2 is 1.77 bits per heavy atom. The molecule has 10 atom stereocenters. The maximum Gasteiger partial charge on any atom is 0.420 e. The van der Waals surface area contributed by atoms with Crippen LogP contribution in [0.4, 0.5) is 4.79 Å². The Labute approximate surface area is 282 Å². The van der Waals surface area contributed by atoms with E-state index in [1.165, 1.54) is 30.9 Å². The number of hydrogen-bond acceptors (Lipinski definition) is 11. The van der Waals surface area contributed by atoms with Crippen LogP contribution in [0.3, 0.4) is 0 Å². The Morgan fingerprint density at radius 3 is 2.40 bits per heavy atom. The Balaban J connectivity index is 1.66. The predicted molar refractivity (Wildman–Crippen MR) is 176 cm³/mol. The molecule has 3 heterocycles. The predicted octanol–water partition coefficient (Wildman–Crippen LogP) is 5.06. The third kappa shape index (κ3) is 8.77. The molecule has 48 heavy (non-hydrogen) atoms. The first-order valence-electron chi connectivity index (χ1n) is 16.6.